The summed E-state index contributed by atoms with van der Waals surface area (Å²) in [6.07, 6.45) is 33.8. The van der Waals surface area contributed by atoms with Gasteiger partial charge in [-0.1, -0.05) is 63.3 Å². The van der Waals surface area contributed by atoms with E-state index < -0.39 is 0 Å². The number of pyridine rings is 8. The molecule has 8 nitrogen and oxygen atoms in total. The van der Waals surface area contributed by atoms with E-state index in [1.54, 1.807) is 24.8 Å². The molecule has 8 rings (SSSR count). The van der Waals surface area contributed by atoms with Crippen molar-refractivity contribution >= 4 is 0 Å². The van der Waals surface area contributed by atoms with Gasteiger partial charge >= 0.3 is 0 Å². The van der Waals surface area contributed by atoms with Crippen LogP contribution in [0.25, 0.3) is 45.3 Å². The minimum absolute atomic E-state index is 0. The maximum atomic E-state index is 4.53. The molecule has 64 heavy (non-hydrogen) atoms. The van der Waals surface area contributed by atoms with Gasteiger partial charge in [0.1, 0.15) is 13.1 Å². The Hall–Kier alpha value is -6.18. The van der Waals surface area contributed by atoms with E-state index in [-0.39, 0.29) is 19.5 Å². The molecule has 0 amide bonds. The van der Waals surface area contributed by atoms with Gasteiger partial charge in [0.15, 0.2) is 24.8 Å². The van der Waals surface area contributed by atoms with Crippen molar-refractivity contribution in [1.29, 1.82) is 0 Å². The van der Waals surface area contributed by atoms with Crippen LogP contribution >= 0.6 is 0 Å². The van der Waals surface area contributed by atoms with E-state index in [2.05, 4.69) is 120 Å². The van der Waals surface area contributed by atoms with Crippen molar-refractivity contribution in [3.05, 3.63) is 194 Å². The first-order valence-corrected chi connectivity index (χ1v) is 22.7. The first-order valence-electron chi connectivity index (χ1n) is 22.7. The number of rotatable bonds is 18. The first kappa shape index (κ1) is 48.8. The van der Waals surface area contributed by atoms with Crippen molar-refractivity contribution in [1.82, 2.24) is 29.9 Å². The number of hydrogen-bond donors (Lipinski definition) is 0. The molecule has 0 aromatic carbocycles. The summed E-state index contributed by atoms with van der Waals surface area (Å²) in [6, 6.07) is 40.7. The van der Waals surface area contributed by atoms with Crippen molar-refractivity contribution in [2.75, 3.05) is 0 Å². The fourth-order valence-electron chi connectivity index (χ4n) is 7.15. The predicted molar refractivity (Wildman–Crippen MR) is 255 cm³/mol. The van der Waals surface area contributed by atoms with Crippen molar-refractivity contribution in [2.45, 2.75) is 97.6 Å². The fraction of sp³-hybridized carbons (Fsp3) is 0.273. The van der Waals surface area contributed by atoms with Crippen LogP contribution in [0.1, 0.15) is 82.3 Å². The van der Waals surface area contributed by atoms with Gasteiger partial charge in [-0.3, -0.25) is 29.9 Å². The van der Waals surface area contributed by atoms with Crippen LogP contribution in [0.2, 0.25) is 0 Å². The molecule has 0 bridgehead atoms. The van der Waals surface area contributed by atoms with Gasteiger partial charge in [0.05, 0.1) is 34.2 Å². The van der Waals surface area contributed by atoms with Gasteiger partial charge in [-0.05, 0) is 128 Å². The van der Waals surface area contributed by atoms with Gasteiger partial charge in [0.2, 0.25) is 0 Å². The average Bonchev–Trinajstić information content (AvgIpc) is 3.36. The third kappa shape index (κ3) is 17.2. The number of unbranched alkanes of at least 4 members (excludes halogenated alkanes) is 8. The molecule has 0 spiro atoms. The van der Waals surface area contributed by atoms with E-state index in [4.69, 9.17) is 0 Å². The second-order valence-corrected chi connectivity index (χ2v) is 15.7. The molecule has 0 aliphatic carbocycles. The quantitative estimate of drug-likeness (QED) is 0.0484. The second kappa shape index (κ2) is 28.5. The van der Waals surface area contributed by atoms with Crippen molar-refractivity contribution in [3.63, 3.8) is 0 Å². The minimum Gasteiger partial charge on any atom is -0.255 e. The maximum Gasteiger partial charge on any atom is 0.169 e. The van der Waals surface area contributed by atoms with Crippen molar-refractivity contribution < 1.29 is 28.6 Å². The van der Waals surface area contributed by atoms with E-state index in [1.165, 1.54) is 86.5 Å². The summed E-state index contributed by atoms with van der Waals surface area (Å²) in [6.45, 7) is 6.57. The molecule has 0 atom stereocenters. The van der Waals surface area contributed by atoms with Gasteiger partial charge in [-0.2, -0.15) is 0 Å². The molecule has 0 aliphatic rings. The molecule has 0 aliphatic heterocycles. The molecule has 0 radical (unpaired) electrons. The molecular formula is C55H62N8Ru+2. The van der Waals surface area contributed by atoms with Crippen molar-refractivity contribution in [2.24, 2.45) is 0 Å². The Morgan fingerprint density at radius 2 is 0.766 bits per heavy atom. The van der Waals surface area contributed by atoms with Gasteiger partial charge < -0.3 is 0 Å². The van der Waals surface area contributed by atoms with Gasteiger partial charge in [-0.25, -0.2) is 9.13 Å². The SMILES string of the molecule is CCCCCCC[n+]1ccc(-c2cc[n+](CCCCCCCc3ccnc(-c4cc(C)ccn4)c3)cc2)cc1.[Ru].c1ccc(-c2ccccn2)nc1.c1ccc(-c2ccccn2)nc1. The minimum atomic E-state index is 0. The first-order chi connectivity index (χ1) is 31.1. The molecule has 328 valence electrons. The standard InChI is InChI=1S/C35H46N4.2C10H8N2.Ru/c1-3-4-5-8-11-22-38-24-16-32(17-25-38)33-18-26-39(27-19-33)23-12-9-6-7-10-13-31-15-21-37-35(29-31)34-28-30(2)14-20-36-34;2*1-3-7-11-9(5-1)10-6-2-4-8-12-10;/h14-21,24-29H,3-13,22-23H2,1-2H3;2*1-8H;/q+2;;;. The largest absolute Gasteiger partial charge is 0.255 e. The van der Waals surface area contributed by atoms with Crippen LogP contribution in [0.4, 0.5) is 0 Å². The average molecular weight is 936 g/mol. The smallest absolute Gasteiger partial charge is 0.169 e. The monoisotopic (exact) mass is 936 g/mol. The van der Waals surface area contributed by atoms with Crippen LogP contribution in [0.15, 0.2) is 183 Å². The number of nitrogens with zero attached hydrogens (tertiary/aromatic N) is 8. The molecule has 8 aromatic rings. The zero-order valence-electron chi connectivity index (χ0n) is 37.4. The molecule has 8 aromatic heterocycles. The zero-order chi connectivity index (χ0) is 43.6. The molecular weight excluding hydrogens is 874 g/mol. The second-order valence-electron chi connectivity index (χ2n) is 15.7. The zero-order valence-corrected chi connectivity index (χ0v) is 39.2. The molecule has 0 N–H and O–H groups in total. The van der Waals surface area contributed by atoms with E-state index in [9.17, 15) is 0 Å². The summed E-state index contributed by atoms with van der Waals surface area (Å²) in [7, 11) is 0. The predicted octanol–water partition coefficient (Wildman–Crippen LogP) is 12.1. The Morgan fingerprint density at radius 3 is 1.19 bits per heavy atom. The third-order valence-electron chi connectivity index (χ3n) is 10.7. The Morgan fingerprint density at radius 1 is 0.375 bits per heavy atom. The van der Waals surface area contributed by atoms with Crippen LogP contribution < -0.4 is 9.13 Å². The summed E-state index contributed by atoms with van der Waals surface area (Å²) < 4.78 is 4.64. The van der Waals surface area contributed by atoms with Gasteiger partial charge in [0.25, 0.3) is 0 Å². The third-order valence-corrected chi connectivity index (χ3v) is 10.7. The van der Waals surface area contributed by atoms with Crippen LogP contribution in [0.5, 0.6) is 0 Å². The number of hydrogen-bond acceptors (Lipinski definition) is 6. The van der Waals surface area contributed by atoms with Crippen LogP contribution in [0, 0.1) is 6.92 Å². The van der Waals surface area contributed by atoms with E-state index in [1.807, 2.05) is 91.3 Å². The molecule has 0 saturated carbocycles. The van der Waals surface area contributed by atoms with Gasteiger partial charge in [0, 0.05) is 93.8 Å². The van der Waals surface area contributed by atoms with E-state index in [0.29, 0.717) is 0 Å². The van der Waals surface area contributed by atoms with Crippen molar-refractivity contribution in [3.8, 4) is 45.3 Å². The Kier molecular flexibility index (Phi) is 21.8. The van der Waals surface area contributed by atoms with E-state index >= 15 is 0 Å². The molecule has 0 fully saturated rings. The van der Waals surface area contributed by atoms with Gasteiger partial charge in [-0.15, -0.1) is 0 Å². The van der Waals surface area contributed by atoms with Crippen LogP contribution in [-0.4, -0.2) is 29.9 Å². The Bertz CT molecular complexity index is 2290. The van der Waals surface area contributed by atoms with E-state index in [0.717, 1.165) is 53.7 Å². The maximum absolute atomic E-state index is 4.53. The Labute approximate surface area is 393 Å². The Balaban J connectivity index is 0.000000247. The molecule has 0 unspecified atom stereocenters. The summed E-state index contributed by atoms with van der Waals surface area (Å²) in [5.41, 5.74) is 10.8. The molecule has 9 heteroatoms. The normalized spacial score (nSPS) is 10.4. The summed E-state index contributed by atoms with van der Waals surface area (Å²) >= 11 is 0. The topological polar surface area (TPSA) is 85.1 Å². The van der Waals surface area contributed by atoms with Crippen LogP contribution in [0.3, 0.4) is 0 Å². The molecule has 0 saturated heterocycles. The van der Waals surface area contributed by atoms with Crippen LogP contribution in [-0.2, 0) is 39.0 Å². The summed E-state index contributed by atoms with van der Waals surface area (Å²) in [4.78, 5) is 25.8. The fourth-order valence-corrected chi connectivity index (χ4v) is 7.15. The molecule has 8 heterocycles. The summed E-state index contributed by atoms with van der Waals surface area (Å²) in [5.74, 6) is 0. The summed E-state index contributed by atoms with van der Waals surface area (Å²) in [5, 5.41) is 0. The number of aromatic nitrogens is 8. The number of aryl methyl sites for hydroxylation is 4.